The van der Waals surface area contributed by atoms with Crippen molar-refractivity contribution in [1.82, 2.24) is 10.3 Å². The van der Waals surface area contributed by atoms with Gasteiger partial charge in [-0.15, -0.1) is 0 Å². The molecule has 20 heavy (non-hydrogen) atoms. The SMILES string of the molecule is COC(=O)[C@@H]1Cc2c([nH]c3ccccc23)[C@@H](CC#N)N1. The van der Waals surface area contributed by atoms with Gasteiger partial charge in [0.05, 0.1) is 25.6 Å². The van der Waals surface area contributed by atoms with Crippen LogP contribution in [0.5, 0.6) is 0 Å². The molecule has 2 N–H and O–H groups in total. The number of ether oxygens (including phenoxy) is 1. The second-order valence-electron chi connectivity index (χ2n) is 4.92. The lowest BCUT2D eigenvalue weighted by atomic mass is 9.93. The zero-order valence-corrected chi connectivity index (χ0v) is 11.1. The van der Waals surface area contributed by atoms with E-state index in [4.69, 9.17) is 10.00 Å². The van der Waals surface area contributed by atoms with Crippen LogP contribution in [0.2, 0.25) is 0 Å². The number of nitriles is 1. The first kappa shape index (κ1) is 12.7. The first-order valence-corrected chi connectivity index (χ1v) is 6.55. The van der Waals surface area contributed by atoms with E-state index in [0.717, 1.165) is 22.2 Å². The van der Waals surface area contributed by atoms with Gasteiger partial charge in [-0.1, -0.05) is 18.2 Å². The number of methoxy groups -OCH3 is 1. The molecular formula is C15H15N3O2. The van der Waals surface area contributed by atoms with Gasteiger partial charge in [-0.2, -0.15) is 5.26 Å². The molecule has 1 aliphatic rings. The van der Waals surface area contributed by atoms with Crippen LogP contribution < -0.4 is 5.32 Å². The van der Waals surface area contributed by atoms with E-state index < -0.39 is 6.04 Å². The van der Waals surface area contributed by atoms with E-state index in [9.17, 15) is 4.79 Å². The monoisotopic (exact) mass is 269 g/mol. The molecule has 5 heteroatoms. The highest BCUT2D eigenvalue weighted by Crippen LogP contribution is 2.33. The van der Waals surface area contributed by atoms with Crippen molar-refractivity contribution in [3.63, 3.8) is 0 Å². The minimum atomic E-state index is -0.398. The molecule has 0 saturated heterocycles. The lowest BCUT2D eigenvalue weighted by Crippen LogP contribution is -2.45. The van der Waals surface area contributed by atoms with Crippen molar-refractivity contribution in [1.29, 1.82) is 5.26 Å². The van der Waals surface area contributed by atoms with E-state index in [0.29, 0.717) is 12.8 Å². The van der Waals surface area contributed by atoms with Gasteiger partial charge in [0.15, 0.2) is 0 Å². The quantitative estimate of drug-likeness (QED) is 0.815. The van der Waals surface area contributed by atoms with Crippen molar-refractivity contribution >= 4 is 16.9 Å². The summed E-state index contributed by atoms with van der Waals surface area (Å²) in [5.74, 6) is -0.288. The van der Waals surface area contributed by atoms with Gasteiger partial charge in [0, 0.05) is 23.0 Å². The van der Waals surface area contributed by atoms with E-state index in [1.54, 1.807) is 0 Å². The Hall–Kier alpha value is -2.32. The maximum atomic E-state index is 11.8. The topological polar surface area (TPSA) is 77.9 Å². The van der Waals surface area contributed by atoms with Crippen molar-refractivity contribution in [3.8, 4) is 6.07 Å². The normalized spacial score (nSPS) is 21.2. The molecule has 0 spiro atoms. The minimum Gasteiger partial charge on any atom is -0.468 e. The number of rotatable bonds is 2. The van der Waals surface area contributed by atoms with Crippen LogP contribution in [0.4, 0.5) is 0 Å². The number of para-hydroxylation sites is 1. The molecule has 0 amide bonds. The number of aromatic nitrogens is 1. The zero-order valence-electron chi connectivity index (χ0n) is 11.1. The van der Waals surface area contributed by atoms with Gasteiger partial charge in [-0.3, -0.25) is 10.1 Å². The molecule has 0 unspecified atom stereocenters. The molecule has 0 fully saturated rings. The Morgan fingerprint density at radius 2 is 2.30 bits per heavy atom. The summed E-state index contributed by atoms with van der Waals surface area (Å²) < 4.78 is 4.83. The Morgan fingerprint density at radius 1 is 1.50 bits per heavy atom. The number of carbonyl (C=O) groups excluding carboxylic acids is 1. The Bertz CT molecular complexity index is 699. The molecular weight excluding hydrogens is 254 g/mol. The zero-order chi connectivity index (χ0) is 14.1. The van der Waals surface area contributed by atoms with Gasteiger partial charge in [-0.25, -0.2) is 0 Å². The van der Waals surface area contributed by atoms with Gasteiger partial charge in [0.25, 0.3) is 0 Å². The summed E-state index contributed by atoms with van der Waals surface area (Å²) in [4.78, 5) is 15.2. The molecule has 102 valence electrons. The average Bonchev–Trinajstić information content (AvgIpc) is 2.86. The summed E-state index contributed by atoms with van der Waals surface area (Å²) in [6.45, 7) is 0. The summed E-state index contributed by atoms with van der Waals surface area (Å²) >= 11 is 0. The number of aromatic amines is 1. The van der Waals surface area contributed by atoms with Crippen molar-refractivity contribution in [2.45, 2.75) is 24.9 Å². The fourth-order valence-corrected chi connectivity index (χ4v) is 2.87. The highest BCUT2D eigenvalue weighted by molar-refractivity contribution is 5.87. The van der Waals surface area contributed by atoms with E-state index >= 15 is 0 Å². The van der Waals surface area contributed by atoms with Gasteiger partial charge < -0.3 is 9.72 Å². The smallest absolute Gasteiger partial charge is 0.323 e. The summed E-state index contributed by atoms with van der Waals surface area (Å²) in [6, 6.07) is 9.58. The first-order valence-electron chi connectivity index (χ1n) is 6.55. The number of hydrogen-bond donors (Lipinski definition) is 2. The number of hydrogen-bond acceptors (Lipinski definition) is 4. The van der Waals surface area contributed by atoms with Crippen molar-refractivity contribution in [2.75, 3.05) is 7.11 Å². The molecule has 1 aromatic heterocycles. The fraction of sp³-hybridized carbons (Fsp3) is 0.333. The molecule has 2 heterocycles. The molecule has 0 aliphatic carbocycles. The Balaban J connectivity index is 2.09. The summed E-state index contributed by atoms with van der Waals surface area (Å²) in [5.41, 5.74) is 3.15. The minimum absolute atomic E-state index is 0.166. The molecule has 3 rings (SSSR count). The van der Waals surface area contributed by atoms with Gasteiger partial charge >= 0.3 is 5.97 Å². The van der Waals surface area contributed by atoms with Crippen molar-refractivity contribution < 1.29 is 9.53 Å². The lowest BCUT2D eigenvalue weighted by molar-refractivity contribution is -0.143. The van der Waals surface area contributed by atoms with Crippen LogP contribution >= 0.6 is 0 Å². The highest BCUT2D eigenvalue weighted by atomic mass is 16.5. The van der Waals surface area contributed by atoms with E-state index in [2.05, 4.69) is 16.4 Å². The van der Waals surface area contributed by atoms with Crippen LogP contribution in [-0.2, 0) is 16.0 Å². The Kier molecular flexibility index (Phi) is 3.17. The molecule has 5 nitrogen and oxygen atoms in total. The average molecular weight is 269 g/mol. The summed E-state index contributed by atoms with van der Waals surface area (Å²) in [5, 5.41) is 13.3. The molecule has 2 atom stereocenters. The molecule has 1 aliphatic heterocycles. The predicted octanol–water partition coefficient (Wildman–Crippen LogP) is 1.81. The number of nitrogens with one attached hydrogen (secondary N) is 2. The third-order valence-corrected chi connectivity index (χ3v) is 3.79. The molecule has 0 saturated carbocycles. The maximum absolute atomic E-state index is 11.8. The maximum Gasteiger partial charge on any atom is 0.323 e. The van der Waals surface area contributed by atoms with Crippen LogP contribution in [0.1, 0.15) is 23.7 Å². The van der Waals surface area contributed by atoms with Crippen molar-refractivity contribution in [2.24, 2.45) is 0 Å². The third-order valence-electron chi connectivity index (χ3n) is 3.79. The molecule has 0 bridgehead atoms. The van der Waals surface area contributed by atoms with Crippen LogP contribution in [0.25, 0.3) is 10.9 Å². The molecule has 0 radical (unpaired) electrons. The van der Waals surface area contributed by atoms with Crippen molar-refractivity contribution in [3.05, 3.63) is 35.5 Å². The van der Waals surface area contributed by atoms with Crippen LogP contribution in [0, 0.1) is 11.3 Å². The van der Waals surface area contributed by atoms with Crippen LogP contribution in [0.15, 0.2) is 24.3 Å². The highest BCUT2D eigenvalue weighted by Gasteiger charge is 2.33. The molecule has 2 aromatic rings. The second kappa shape index (κ2) is 4.99. The standard InChI is InChI=1S/C15H15N3O2/c1-20-15(19)13-8-10-9-4-2-3-5-11(9)18-14(10)12(17-13)6-7-16/h2-5,12-13,17-18H,6,8H2,1H3/t12-,13+/m1/s1. The first-order chi connectivity index (χ1) is 9.74. The fourth-order valence-electron chi connectivity index (χ4n) is 2.87. The van der Waals surface area contributed by atoms with E-state index in [1.807, 2.05) is 24.3 Å². The Morgan fingerprint density at radius 3 is 3.05 bits per heavy atom. The molecule has 1 aromatic carbocycles. The number of H-pyrrole nitrogens is 1. The number of esters is 1. The third kappa shape index (κ3) is 1.95. The van der Waals surface area contributed by atoms with Gasteiger partial charge in [0.1, 0.15) is 6.04 Å². The predicted molar refractivity (Wildman–Crippen MR) is 73.9 cm³/mol. The lowest BCUT2D eigenvalue weighted by Gasteiger charge is -2.28. The van der Waals surface area contributed by atoms with Gasteiger partial charge in [-0.05, 0) is 11.6 Å². The number of carbonyl (C=O) groups is 1. The number of nitrogens with zero attached hydrogens (tertiary/aromatic N) is 1. The largest absolute Gasteiger partial charge is 0.468 e. The van der Waals surface area contributed by atoms with E-state index in [1.165, 1.54) is 7.11 Å². The van der Waals surface area contributed by atoms with Crippen LogP contribution in [0.3, 0.4) is 0 Å². The second-order valence-corrected chi connectivity index (χ2v) is 4.92. The summed E-state index contributed by atoms with van der Waals surface area (Å²) in [6.07, 6.45) is 0.890. The number of benzene rings is 1. The van der Waals surface area contributed by atoms with E-state index in [-0.39, 0.29) is 12.0 Å². The summed E-state index contributed by atoms with van der Waals surface area (Å²) in [7, 11) is 1.38. The Labute approximate surface area is 116 Å². The number of fused-ring (bicyclic) bond motifs is 3. The van der Waals surface area contributed by atoms with Crippen LogP contribution in [-0.4, -0.2) is 24.1 Å². The van der Waals surface area contributed by atoms with Gasteiger partial charge in [0.2, 0.25) is 0 Å².